The van der Waals surface area contributed by atoms with E-state index in [1.165, 1.54) is 0 Å². The third-order valence-electron chi connectivity index (χ3n) is 3.90. The Labute approximate surface area is 146 Å². The molecule has 0 saturated carbocycles. The van der Waals surface area contributed by atoms with Gasteiger partial charge in [0.15, 0.2) is 17.3 Å². The zero-order valence-electron chi connectivity index (χ0n) is 13.4. The predicted octanol–water partition coefficient (Wildman–Crippen LogP) is -2.04. The van der Waals surface area contributed by atoms with E-state index in [1.54, 1.807) is 0 Å². The molecule has 0 aromatic heterocycles. The molecule has 5 unspecified atom stereocenters. The summed E-state index contributed by atoms with van der Waals surface area (Å²) in [5, 5.41) is 67.1. The zero-order chi connectivity index (χ0) is 19.8. The minimum absolute atomic E-state index is 0.637. The first-order valence-corrected chi connectivity index (χ1v) is 7.40. The summed E-state index contributed by atoms with van der Waals surface area (Å²) >= 11 is 0. The first-order valence-electron chi connectivity index (χ1n) is 7.40. The molecule has 144 valence electrons. The molecule has 1 aromatic carbocycles. The fourth-order valence-corrected chi connectivity index (χ4v) is 2.50. The molecular formula is C15H18O11. The minimum Gasteiger partial charge on any atom is -0.504 e. The van der Waals surface area contributed by atoms with Crippen molar-refractivity contribution in [1.82, 2.24) is 0 Å². The second-order valence-corrected chi connectivity index (χ2v) is 5.67. The van der Waals surface area contributed by atoms with Crippen molar-refractivity contribution < 1.29 is 54.8 Å². The molecule has 7 N–H and O–H groups in total. The fourth-order valence-electron chi connectivity index (χ4n) is 2.50. The third-order valence-corrected chi connectivity index (χ3v) is 3.90. The Bertz CT molecular complexity index is 714. The average Bonchev–Trinajstić information content (AvgIpc) is 2.59. The first-order chi connectivity index (χ1) is 12.1. The van der Waals surface area contributed by atoms with E-state index in [-0.39, 0.29) is 0 Å². The summed E-state index contributed by atoms with van der Waals surface area (Å²) in [4.78, 5) is 24.0. The van der Waals surface area contributed by atoms with E-state index in [0.29, 0.717) is 6.07 Å². The Hall–Kier alpha value is -2.44. The number of ether oxygens (including phenoxy) is 2. The van der Waals surface area contributed by atoms with Crippen LogP contribution in [-0.2, 0) is 9.47 Å². The molecule has 0 spiro atoms. The highest BCUT2D eigenvalue weighted by Gasteiger charge is 2.45. The van der Waals surface area contributed by atoms with Crippen molar-refractivity contribution in [2.75, 3.05) is 6.61 Å². The van der Waals surface area contributed by atoms with Gasteiger partial charge in [0.1, 0.15) is 24.4 Å². The maximum Gasteiger partial charge on any atom is 0.341 e. The first kappa shape index (κ1) is 19.9. The van der Waals surface area contributed by atoms with Crippen LogP contribution in [0.25, 0.3) is 0 Å². The van der Waals surface area contributed by atoms with Crippen LogP contribution in [0.1, 0.15) is 27.6 Å². The van der Waals surface area contributed by atoms with Gasteiger partial charge in [0.2, 0.25) is 12.0 Å². The second-order valence-electron chi connectivity index (χ2n) is 5.67. The fraction of sp³-hybridized carbons (Fsp3) is 0.467. The van der Waals surface area contributed by atoms with Crippen molar-refractivity contribution in [3.63, 3.8) is 0 Å². The molecule has 1 saturated heterocycles. The number of benzene rings is 1. The van der Waals surface area contributed by atoms with Gasteiger partial charge in [0.05, 0.1) is 17.7 Å². The number of phenols is 3. The van der Waals surface area contributed by atoms with E-state index < -0.39 is 77.4 Å². The molecule has 0 amide bonds. The van der Waals surface area contributed by atoms with Gasteiger partial charge in [0, 0.05) is 0 Å². The quantitative estimate of drug-likeness (QED) is 0.174. The summed E-state index contributed by atoms with van der Waals surface area (Å²) in [5.41, 5.74) is -1.28. The lowest BCUT2D eigenvalue weighted by atomic mass is 9.99. The number of hydrogen-bond donors (Lipinski definition) is 7. The number of carbonyl (C=O) groups excluding carboxylic acids is 2. The van der Waals surface area contributed by atoms with Gasteiger partial charge in [-0.25, -0.2) is 4.79 Å². The molecule has 1 fully saturated rings. The summed E-state index contributed by atoms with van der Waals surface area (Å²) in [6, 6.07) is 0.665. The summed E-state index contributed by atoms with van der Waals surface area (Å²) < 4.78 is 9.83. The monoisotopic (exact) mass is 374 g/mol. The predicted molar refractivity (Wildman–Crippen MR) is 80.6 cm³/mol. The third kappa shape index (κ3) is 3.43. The zero-order valence-corrected chi connectivity index (χ0v) is 13.4. The number of rotatable bonds is 4. The molecule has 0 aliphatic carbocycles. The molecule has 11 nitrogen and oxygen atoms in total. The second kappa shape index (κ2) is 7.43. The number of aliphatic hydroxyl groups is 4. The van der Waals surface area contributed by atoms with Crippen LogP contribution >= 0.6 is 0 Å². The van der Waals surface area contributed by atoms with Gasteiger partial charge in [-0.05, 0) is 13.0 Å². The molecule has 26 heavy (non-hydrogen) atoms. The standard InChI is InChI=1S/C15H18O11/c1-4(17)8-5(2-6(18)9(19)11(8)21)14(24)26-15-13(23)12(22)10(20)7(3-16)25-15/h2,7,10,12-13,15-16,18-23H,3H2,1H3. The maximum absolute atomic E-state index is 12.3. The van der Waals surface area contributed by atoms with E-state index >= 15 is 0 Å². The number of aliphatic hydroxyl groups excluding tert-OH is 4. The smallest absolute Gasteiger partial charge is 0.341 e. The Morgan fingerprint density at radius 3 is 2.23 bits per heavy atom. The van der Waals surface area contributed by atoms with Crippen molar-refractivity contribution in [3.8, 4) is 17.2 Å². The molecule has 11 heteroatoms. The van der Waals surface area contributed by atoms with Crippen LogP contribution in [-0.4, -0.2) is 84.8 Å². The number of Topliss-reactive ketones (excluding diaryl/α,β-unsaturated/α-hetero) is 1. The molecule has 1 aliphatic rings. The molecule has 0 radical (unpaired) electrons. The summed E-state index contributed by atoms with van der Waals surface area (Å²) in [6.45, 7) is 0.231. The van der Waals surface area contributed by atoms with E-state index in [1.807, 2.05) is 0 Å². The van der Waals surface area contributed by atoms with Gasteiger partial charge >= 0.3 is 5.97 Å². The van der Waals surface area contributed by atoms with Crippen LogP contribution in [0.4, 0.5) is 0 Å². The van der Waals surface area contributed by atoms with Crippen LogP contribution in [0.3, 0.4) is 0 Å². The lowest BCUT2D eigenvalue weighted by Gasteiger charge is -2.39. The summed E-state index contributed by atoms with van der Waals surface area (Å²) in [5.74, 6) is -5.14. The largest absolute Gasteiger partial charge is 0.504 e. The van der Waals surface area contributed by atoms with Crippen LogP contribution in [0.15, 0.2) is 6.07 Å². The lowest BCUT2D eigenvalue weighted by Crippen LogP contribution is -2.59. The minimum atomic E-state index is -1.88. The van der Waals surface area contributed by atoms with Crippen molar-refractivity contribution >= 4 is 11.8 Å². The Morgan fingerprint density at radius 2 is 1.69 bits per heavy atom. The number of ketones is 1. The van der Waals surface area contributed by atoms with Crippen LogP contribution in [0.5, 0.6) is 17.2 Å². The van der Waals surface area contributed by atoms with E-state index in [0.717, 1.165) is 6.92 Å². The molecular weight excluding hydrogens is 356 g/mol. The topological polar surface area (TPSA) is 194 Å². The Morgan fingerprint density at radius 1 is 1.08 bits per heavy atom. The van der Waals surface area contributed by atoms with Gasteiger partial charge in [-0.1, -0.05) is 0 Å². The maximum atomic E-state index is 12.3. The van der Waals surface area contributed by atoms with Crippen molar-refractivity contribution in [1.29, 1.82) is 0 Å². The van der Waals surface area contributed by atoms with Crippen molar-refractivity contribution in [3.05, 3.63) is 17.2 Å². The molecule has 2 rings (SSSR count). The van der Waals surface area contributed by atoms with E-state index in [4.69, 9.17) is 14.6 Å². The van der Waals surface area contributed by atoms with E-state index in [9.17, 15) is 40.2 Å². The van der Waals surface area contributed by atoms with Gasteiger partial charge in [-0.15, -0.1) is 0 Å². The molecule has 1 aromatic rings. The van der Waals surface area contributed by atoms with Gasteiger partial charge in [0.25, 0.3) is 0 Å². The van der Waals surface area contributed by atoms with Crippen molar-refractivity contribution in [2.24, 2.45) is 0 Å². The highest BCUT2D eigenvalue weighted by molar-refractivity contribution is 6.08. The Balaban J connectivity index is 2.34. The van der Waals surface area contributed by atoms with E-state index in [2.05, 4.69) is 0 Å². The Kier molecular flexibility index (Phi) is 5.68. The van der Waals surface area contributed by atoms with Crippen LogP contribution in [0.2, 0.25) is 0 Å². The van der Waals surface area contributed by atoms with Crippen LogP contribution < -0.4 is 0 Å². The molecule has 5 atom stereocenters. The molecule has 1 heterocycles. The molecule has 1 aliphatic heterocycles. The lowest BCUT2D eigenvalue weighted by molar-refractivity contribution is -0.285. The number of carbonyl (C=O) groups is 2. The number of phenolic OH excluding ortho intramolecular Hbond substituents is 3. The average molecular weight is 374 g/mol. The van der Waals surface area contributed by atoms with Gasteiger partial charge in [-0.3, -0.25) is 4.79 Å². The highest BCUT2D eigenvalue weighted by Crippen LogP contribution is 2.40. The number of hydrogen-bond acceptors (Lipinski definition) is 11. The molecule has 0 bridgehead atoms. The summed E-state index contributed by atoms with van der Waals surface area (Å²) in [7, 11) is 0. The van der Waals surface area contributed by atoms with Gasteiger partial charge in [-0.2, -0.15) is 0 Å². The number of aromatic hydroxyl groups is 3. The SMILES string of the molecule is CC(=O)c1c(C(=O)OC2OC(CO)C(O)C(O)C2O)cc(O)c(O)c1O. The van der Waals surface area contributed by atoms with Crippen molar-refractivity contribution in [2.45, 2.75) is 37.6 Å². The van der Waals surface area contributed by atoms with Crippen LogP contribution in [0, 0.1) is 0 Å². The van der Waals surface area contributed by atoms with Gasteiger partial charge < -0.3 is 45.2 Å². The normalized spacial score (nSPS) is 28.6. The summed E-state index contributed by atoms with van der Waals surface area (Å²) in [6.07, 6.45) is -8.50. The highest BCUT2D eigenvalue weighted by atomic mass is 16.7. The number of esters is 1.